The van der Waals surface area contributed by atoms with Gasteiger partial charge in [-0.15, -0.1) is 0 Å². The van der Waals surface area contributed by atoms with Gasteiger partial charge in [-0.3, -0.25) is 0 Å². The molecule has 0 saturated carbocycles. The summed E-state index contributed by atoms with van der Waals surface area (Å²) in [7, 11) is 0. The van der Waals surface area contributed by atoms with Crippen LogP contribution in [0.15, 0.2) is 12.4 Å². The molecule has 1 N–H and O–H groups in total. The summed E-state index contributed by atoms with van der Waals surface area (Å²) in [6.45, 7) is 1.15. The van der Waals surface area contributed by atoms with Gasteiger partial charge in [0.2, 0.25) is 0 Å². The molecule has 17 heavy (non-hydrogen) atoms. The lowest BCUT2D eigenvalue weighted by atomic mass is 10.00. The molecule has 2 heterocycles. The van der Waals surface area contributed by atoms with Crippen LogP contribution in [0.25, 0.3) is 0 Å². The van der Waals surface area contributed by atoms with Crippen LogP contribution in [0.2, 0.25) is 0 Å². The summed E-state index contributed by atoms with van der Waals surface area (Å²) >= 11 is 0. The molecular formula is C12H16N4O. The molecule has 0 spiro atoms. The summed E-state index contributed by atoms with van der Waals surface area (Å²) in [4.78, 5) is 10.5. The molecule has 0 radical (unpaired) electrons. The second kappa shape index (κ2) is 5.60. The first-order valence-electron chi connectivity index (χ1n) is 5.95. The number of hydrogen-bond acceptors (Lipinski definition) is 5. The SMILES string of the molecule is N#Cc1cnc(N2CCCCC2CCO)cn1. The molecule has 0 bridgehead atoms. The monoisotopic (exact) mass is 232 g/mol. The van der Waals surface area contributed by atoms with Gasteiger partial charge in [-0.1, -0.05) is 0 Å². The van der Waals surface area contributed by atoms with Crippen LogP contribution in [0.3, 0.4) is 0 Å². The highest BCUT2D eigenvalue weighted by molar-refractivity contribution is 5.39. The number of nitrogens with zero attached hydrogens (tertiary/aromatic N) is 4. The van der Waals surface area contributed by atoms with Crippen LogP contribution in [-0.2, 0) is 0 Å². The first kappa shape index (κ1) is 11.8. The number of aromatic nitrogens is 2. The van der Waals surface area contributed by atoms with Crippen molar-refractivity contribution in [3.63, 3.8) is 0 Å². The van der Waals surface area contributed by atoms with E-state index in [4.69, 9.17) is 10.4 Å². The third-order valence-electron chi connectivity index (χ3n) is 3.14. The Bertz CT molecular complexity index is 396. The zero-order valence-corrected chi connectivity index (χ0v) is 9.71. The van der Waals surface area contributed by atoms with E-state index < -0.39 is 0 Å². The molecule has 0 aromatic carbocycles. The number of nitriles is 1. The molecule has 1 atom stereocenters. The molecule has 1 aromatic heterocycles. The zero-order valence-electron chi connectivity index (χ0n) is 9.71. The van der Waals surface area contributed by atoms with E-state index in [1.807, 2.05) is 6.07 Å². The zero-order chi connectivity index (χ0) is 12.1. The molecule has 1 aliphatic heterocycles. The Labute approximate surface area is 101 Å². The fraction of sp³-hybridized carbons (Fsp3) is 0.583. The first-order valence-corrected chi connectivity index (χ1v) is 5.95. The predicted octanol–water partition coefficient (Wildman–Crippen LogP) is 1.09. The summed E-state index contributed by atoms with van der Waals surface area (Å²) in [6, 6.07) is 2.30. The number of rotatable bonds is 3. The standard InChI is InChI=1S/C12H16N4O/c13-7-10-8-15-12(9-14-10)16-5-2-1-3-11(16)4-6-17/h8-9,11,17H,1-6H2. The van der Waals surface area contributed by atoms with Gasteiger partial charge < -0.3 is 10.0 Å². The average Bonchev–Trinajstić information content (AvgIpc) is 2.40. The van der Waals surface area contributed by atoms with Gasteiger partial charge in [0, 0.05) is 19.2 Å². The van der Waals surface area contributed by atoms with Crippen molar-refractivity contribution in [2.45, 2.75) is 31.7 Å². The van der Waals surface area contributed by atoms with Gasteiger partial charge in [-0.2, -0.15) is 5.26 Å². The number of piperidine rings is 1. The van der Waals surface area contributed by atoms with E-state index in [2.05, 4.69) is 14.9 Å². The lowest BCUT2D eigenvalue weighted by Crippen LogP contribution is -2.40. The third-order valence-corrected chi connectivity index (χ3v) is 3.14. The van der Waals surface area contributed by atoms with Crippen molar-refractivity contribution >= 4 is 5.82 Å². The fourth-order valence-corrected chi connectivity index (χ4v) is 2.28. The van der Waals surface area contributed by atoms with E-state index >= 15 is 0 Å². The lowest BCUT2D eigenvalue weighted by molar-refractivity contribution is 0.262. The second-order valence-corrected chi connectivity index (χ2v) is 4.23. The Balaban J connectivity index is 2.14. The number of aliphatic hydroxyl groups is 1. The summed E-state index contributed by atoms with van der Waals surface area (Å²) in [5.74, 6) is 0.808. The van der Waals surface area contributed by atoms with Crippen molar-refractivity contribution in [1.29, 1.82) is 5.26 Å². The first-order chi connectivity index (χ1) is 8.35. The van der Waals surface area contributed by atoms with E-state index in [1.54, 1.807) is 6.20 Å². The summed E-state index contributed by atoms with van der Waals surface area (Å²) in [5.41, 5.74) is 0.337. The van der Waals surface area contributed by atoms with E-state index in [0.29, 0.717) is 11.7 Å². The Morgan fingerprint density at radius 2 is 2.29 bits per heavy atom. The maximum absolute atomic E-state index is 9.06. The number of anilines is 1. The van der Waals surface area contributed by atoms with Crippen molar-refractivity contribution in [3.8, 4) is 6.07 Å². The predicted molar refractivity (Wildman–Crippen MR) is 63.4 cm³/mol. The summed E-state index contributed by atoms with van der Waals surface area (Å²) < 4.78 is 0. The van der Waals surface area contributed by atoms with Gasteiger partial charge in [0.25, 0.3) is 0 Å². The van der Waals surface area contributed by atoms with Crippen LogP contribution in [-0.4, -0.2) is 34.3 Å². The third kappa shape index (κ3) is 2.71. The van der Waals surface area contributed by atoms with Crippen LogP contribution < -0.4 is 4.90 Å². The minimum Gasteiger partial charge on any atom is -0.396 e. The Hall–Kier alpha value is -1.67. The van der Waals surface area contributed by atoms with Crippen molar-refractivity contribution in [2.24, 2.45) is 0 Å². The number of aliphatic hydroxyl groups excluding tert-OH is 1. The number of hydrogen-bond donors (Lipinski definition) is 1. The van der Waals surface area contributed by atoms with Crippen molar-refractivity contribution in [3.05, 3.63) is 18.1 Å². The molecule has 0 aliphatic carbocycles. The molecule has 1 saturated heterocycles. The molecule has 90 valence electrons. The molecule has 1 unspecified atom stereocenters. The van der Waals surface area contributed by atoms with Crippen LogP contribution in [0.5, 0.6) is 0 Å². The lowest BCUT2D eigenvalue weighted by Gasteiger charge is -2.36. The van der Waals surface area contributed by atoms with Crippen LogP contribution in [0.4, 0.5) is 5.82 Å². The van der Waals surface area contributed by atoms with Crippen molar-refractivity contribution < 1.29 is 5.11 Å². The largest absolute Gasteiger partial charge is 0.396 e. The van der Waals surface area contributed by atoms with Crippen molar-refractivity contribution in [1.82, 2.24) is 9.97 Å². The Kier molecular flexibility index (Phi) is 3.89. The highest BCUT2D eigenvalue weighted by Gasteiger charge is 2.23. The second-order valence-electron chi connectivity index (χ2n) is 4.23. The molecule has 1 aliphatic rings. The smallest absolute Gasteiger partial charge is 0.158 e. The van der Waals surface area contributed by atoms with E-state index in [1.165, 1.54) is 12.6 Å². The fourth-order valence-electron chi connectivity index (χ4n) is 2.28. The van der Waals surface area contributed by atoms with Gasteiger partial charge in [0.15, 0.2) is 5.69 Å². The normalized spacial score (nSPS) is 20.0. The van der Waals surface area contributed by atoms with Gasteiger partial charge in [0.05, 0.1) is 12.4 Å². The average molecular weight is 232 g/mol. The van der Waals surface area contributed by atoms with Gasteiger partial charge >= 0.3 is 0 Å². The molecule has 5 heteroatoms. The quantitative estimate of drug-likeness (QED) is 0.844. The minimum atomic E-state index is 0.199. The maximum atomic E-state index is 9.06. The van der Waals surface area contributed by atoms with Crippen LogP contribution >= 0.6 is 0 Å². The van der Waals surface area contributed by atoms with Crippen molar-refractivity contribution in [2.75, 3.05) is 18.1 Å². The molecular weight excluding hydrogens is 216 g/mol. The highest BCUT2D eigenvalue weighted by atomic mass is 16.3. The van der Waals surface area contributed by atoms with Crippen LogP contribution in [0.1, 0.15) is 31.4 Å². The van der Waals surface area contributed by atoms with Gasteiger partial charge in [0.1, 0.15) is 11.9 Å². The van der Waals surface area contributed by atoms with E-state index in [0.717, 1.165) is 31.6 Å². The molecule has 5 nitrogen and oxygen atoms in total. The molecule has 1 aromatic rings. The molecule has 1 fully saturated rings. The Morgan fingerprint density at radius 1 is 1.41 bits per heavy atom. The summed E-state index contributed by atoms with van der Waals surface area (Å²) in [5, 5.41) is 17.7. The summed E-state index contributed by atoms with van der Waals surface area (Å²) in [6.07, 6.45) is 7.34. The Morgan fingerprint density at radius 3 is 2.94 bits per heavy atom. The molecule has 0 amide bonds. The topological polar surface area (TPSA) is 73.0 Å². The van der Waals surface area contributed by atoms with Gasteiger partial charge in [-0.25, -0.2) is 9.97 Å². The maximum Gasteiger partial charge on any atom is 0.158 e. The van der Waals surface area contributed by atoms with E-state index in [-0.39, 0.29) is 6.61 Å². The minimum absolute atomic E-state index is 0.199. The van der Waals surface area contributed by atoms with Crippen LogP contribution in [0, 0.1) is 11.3 Å². The molecule has 2 rings (SSSR count). The highest BCUT2D eigenvalue weighted by Crippen LogP contribution is 2.24. The van der Waals surface area contributed by atoms with Gasteiger partial charge in [-0.05, 0) is 25.7 Å². The van der Waals surface area contributed by atoms with E-state index in [9.17, 15) is 0 Å².